The fourth-order valence-electron chi connectivity index (χ4n) is 3.66. The van der Waals surface area contributed by atoms with Crippen LogP contribution in [0.4, 0.5) is 10.2 Å². The van der Waals surface area contributed by atoms with Gasteiger partial charge in [0.25, 0.3) is 0 Å². The molecule has 3 aromatic rings. The lowest BCUT2D eigenvalue weighted by atomic mass is 9.96. The van der Waals surface area contributed by atoms with Crippen LogP contribution in [-0.2, 0) is 6.54 Å². The maximum Gasteiger partial charge on any atom is 0.140 e. The summed E-state index contributed by atoms with van der Waals surface area (Å²) in [6, 6.07) is 5.69. The van der Waals surface area contributed by atoms with Gasteiger partial charge in [0, 0.05) is 29.9 Å². The van der Waals surface area contributed by atoms with Gasteiger partial charge < -0.3 is 15.7 Å². The topological polar surface area (TPSA) is 87.9 Å². The van der Waals surface area contributed by atoms with E-state index in [2.05, 4.69) is 20.7 Å². The van der Waals surface area contributed by atoms with Crippen molar-refractivity contribution >= 4 is 16.7 Å². The Bertz CT molecular complexity index is 990. The molecule has 8 heteroatoms. The van der Waals surface area contributed by atoms with Crippen LogP contribution in [0.1, 0.15) is 26.7 Å². The first-order chi connectivity index (χ1) is 13.8. The molecule has 3 N–H and O–H groups in total. The second kappa shape index (κ2) is 7.68. The van der Waals surface area contributed by atoms with Crippen molar-refractivity contribution in [3.05, 3.63) is 36.8 Å². The Kier molecular flexibility index (Phi) is 5.23. The maximum absolute atomic E-state index is 15.0. The van der Waals surface area contributed by atoms with Gasteiger partial charge >= 0.3 is 0 Å². The zero-order valence-corrected chi connectivity index (χ0v) is 16.8. The monoisotopic (exact) mass is 398 g/mol. The lowest BCUT2D eigenvalue weighted by Crippen LogP contribution is -2.46. The normalized spacial score (nSPS) is 20.1. The van der Waals surface area contributed by atoms with E-state index in [1.165, 1.54) is 0 Å². The van der Waals surface area contributed by atoms with Crippen LogP contribution in [0.5, 0.6) is 0 Å². The molecule has 1 fully saturated rings. The van der Waals surface area contributed by atoms with E-state index in [-0.39, 0.29) is 6.54 Å². The van der Waals surface area contributed by atoms with Gasteiger partial charge in [0.15, 0.2) is 0 Å². The van der Waals surface area contributed by atoms with Gasteiger partial charge in [-0.15, -0.1) is 0 Å². The van der Waals surface area contributed by atoms with Crippen LogP contribution < -0.4 is 10.6 Å². The number of hydrogen-bond donors (Lipinski definition) is 3. The SMILES string of the molecule is CC(C)(O)Cn1cc(-c2cc3ncccc3c(NC[C@]3(F)CCCNC3)n2)cn1. The summed E-state index contributed by atoms with van der Waals surface area (Å²) in [5.74, 6) is 0.614. The van der Waals surface area contributed by atoms with E-state index in [0.29, 0.717) is 31.0 Å². The summed E-state index contributed by atoms with van der Waals surface area (Å²) in [5.41, 5.74) is 0.152. The molecule has 29 heavy (non-hydrogen) atoms. The number of aromatic nitrogens is 4. The Morgan fingerprint density at radius 1 is 1.41 bits per heavy atom. The fourth-order valence-corrected chi connectivity index (χ4v) is 3.66. The van der Waals surface area contributed by atoms with Gasteiger partial charge in [-0.2, -0.15) is 5.10 Å². The highest BCUT2D eigenvalue weighted by molar-refractivity contribution is 5.91. The molecule has 1 saturated heterocycles. The summed E-state index contributed by atoms with van der Waals surface area (Å²) >= 11 is 0. The van der Waals surface area contributed by atoms with Crippen LogP contribution in [0.15, 0.2) is 36.8 Å². The molecule has 0 saturated carbocycles. The number of pyridine rings is 2. The van der Waals surface area contributed by atoms with Crippen LogP contribution in [0.25, 0.3) is 22.2 Å². The molecule has 1 aliphatic heterocycles. The Hall–Kier alpha value is -2.58. The van der Waals surface area contributed by atoms with Crippen molar-refractivity contribution in [3.8, 4) is 11.3 Å². The molecule has 0 spiro atoms. The molecule has 7 nitrogen and oxygen atoms in total. The van der Waals surface area contributed by atoms with E-state index in [4.69, 9.17) is 4.98 Å². The Morgan fingerprint density at radius 3 is 3.03 bits per heavy atom. The fraction of sp³-hybridized carbons (Fsp3) is 0.476. The molecule has 4 rings (SSSR count). The number of hydrogen-bond acceptors (Lipinski definition) is 6. The summed E-state index contributed by atoms with van der Waals surface area (Å²) in [6.45, 7) is 5.25. The number of aliphatic hydroxyl groups is 1. The number of nitrogens with one attached hydrogen (secondary N) is 2. The van der Waals surface area contributed by atoms with Crippen LogP contribution in [0.2, 0.25) is 0 Å². The number of piperidine rings is 1. The number of rotatable bonds is 6. The third-order valence-corrected chi connectivity index (χ3v) is 5.07. The van der Waals surface area contributed by atoms with E-state index in [0.717, 1.165) is 29.4 Å². The first-order valence-electron chi connectivity index (χ1n) is 9.96. The summed E-state index contributed by atoms with van der Waals surface area (Å²) in [4.78, 5) is 9.20. The van der Waals surface area contributed by atoms with Gasteiger partial charge in [-0.25, -0.2) is 9.37 Å². The minimum atomic E-state index is -1.29. The Labute approximate surface area is 169 Å². The van der Waals surface area contributed by atoms with Gasteiger partial charge in [-0.3, -0.25) is 9.67 Å². The first-order valence-corrected chi connectivity index (χ1v) is 9.96. The minimum absolute atomic E-state index is 0.193. The molecule has 0 bridgehead atoms. The highest BCUT2D eigenvalue weighted by Crippen LogP contribution is 2.28. The second-order valence-corrected chi connectivity index (χ2v) is 8.45. The zero-order valence-electron chi connectivity index (χ0n) is 16.8. The number of fused-ring (bicyclic) bond motifs is 1. The van der Waals surface area contributed by atoms with Crippen LogP contribution in [0.3, 0.4) is 0 Å². The minimum Gasteiger partial charge on any atom is -0.389 e. The molecule has 0 aliphatic carbocycles. The number of alkyl halides is 1. The predicted molar refractivity (Wildman–Crippen MR) is 111 cm³/mol. The molecular weight excluding hydrogens is 371 g/mol. The van der Waals surface area contributed by atoms with E-state index in [1.54, 1.807) is 30.9 Å². The van der Waals surface area contributed by atoms with Gasteiger partial charge in [-0.1, -0.05) is 0 Å². The van der Waals surface area contributed by atoms with E-state index >= 15 is 4.39 Å². The number of anilines is 1. The van der Waals surface area contributed by atoms with Crippen molar-refractivity contribution in [3.63, 3.8) is 0 Å². The van der Waals surface area contributed by atoms with E-state index in [9.17, 15) is 5.11 Å². The van der Waals surface area contributed by atoms with Crippen LogP contribution in [-0.4, -0.2) is 55.8 Å². The Morgan fingerprint density at radius 2 is 2.28 bits per heavy atom. The van der Waals surface area contributed by atoms with Crippen LogP contribution in [0, 0.1) is 0 Å². The molecule has 0 aromatic carbocycles. The highest BCUT2D eigenvalue weighted by Gasteiger charge is 2.31. The summed E-state index contributed by atoms with van der Waals surface area (Å²) < 4.78 is 16.7. The molecule has 0 unspecified atom stereocenters. The molecule has 3 aromatic heterocycles. The largest absolute Gasteiger partial charge is 0.389 e. The van der Waals surface area contributed by atoms with Crippen molar-refractivity contribution in [2.24, 2.45) is 0 Å². The molecular formula is C21H27FN6O. The van der Waals surface area contributed by atoms with Crippen molar-refractivity contribution in [2.75, 3.05) is 25.0 Å². The molecule has 154 valence electrons. The smallest absolute Gasteiger partial charge is 0.140 e. The van der Waals surface area contributed by atoms with Gasteiger partial charge in [0.1, 0.15) is 11.5 Å². The average Bonchev–Trinajstić information content (AvgIpc) is 3.13. The maximum atomic E-state index is 15.0. The lowest BCUT2D eigenvalue weighted by Gasteiger charge is -2.30. The summed E-state index contributed by atoms with van der Waals surface area (Å²) in [6.07, 6.45) is 6.66. The number of nitrogens with zero attached hydrogens (tertiary/aromatic N) is 4. The van der Waals surface area contributed by atoms with E-state index < -0.39 is 11.3 Å². The third kappa shape index (κ3) is 4.71. The summed E-state index contributed by atoms with van der Waals surface area (Å²) in [5, 5.41) is 21.5. The van der Waals surface area contributed by atoms with E-state index in [1.807, 2.05) is 24.4 Å². The zero-order chi connectivity index (χ0) is 20.5. The Balaban J connectivity index is 1.64. The quantitative estimate of drug-likeness (QED) is 0.592. The van der Waals surface area contributed by atoms with Gasteiger partial charge in [-0.05, 0) is 51.4 Å². The van der Waals surface area contributed by atoms with Crippen LogP contribution >= 0.6 is 0 Å². The predicted octanol–water partition coefficient (Wildman–Crippen LogP) is 2.77. The standard InChI is InChI=1S/C21H27FN6O/c1-20(2,29)14-28-11-15(10-26-28)17-9-18-16(5-3-8-24-18)19(27-17)25-13-21(22)6-4-7-23-12-21/h3,5,8-11,23,29H,4,6-7,12-14H2,1-2H3,(H,25,27)/t21-/m0/s1. The van der Waals surface area contributed by atoms with Gasteiger partial charge in [0.2, 0.25) is 0 Å². The van der Waals surface area contributed by atoms with Gasteiger partial charge in [0.05, 0.1) is 36.1 Å². The van der Waals surface area contributed by atoms with Crippen molar-refractivity contribution in [1.82, 2.24) is 25.1 Å². The van der Waals surface area contributed by atoms with Crippen molar-refractivity contribution in [1.29, 1.82) is 0 Å². The summed E-state index contributed by atoms with van der Waals surface area (Å²) in [7, 11) is 0. The molecule has 0 amide bonds. The average molecular weight is 398 g/mol. The van der Waals surface area contributed by atoms with Crippen molar-refractivity contribution < 1.29 is 9.50 Å². The molecule has 4 heterocycles. The molecule has 1 atom stereocenters. The third-order valence-electron chi connectivity index (χ3n) is 5.07. The molecule has 0 radical (unpaired) electrons. The number of halogens is 1. The second-order valence-electron chi connectivity index (χ2n) is 8.45. The van der Waals surface area contributed by atoms with Crippen molar-refractivity contribution in [2.45, 2.75) is 44.5 Å². The highest BCUT2D eigenvalue weighted by atomic mass is 19.1. The molecule has 1 aliphatic rings. The first kappa shape index (κ1) is 19.7. The lowest BCUT2D eigenvalue weighted by molar-refractivity contribution is 0.0577.